The molecule has 0 radical (unpaired) electrons. The van der Waals surface area contributed by atoms with Crippen LogP contribution in [-0.2, 0) is 14.2 Å². The minimum Gasteiger partial charge on any atom is -0.441 e. The summed E-state index contributed by atoms with van der Waals surface area (Å²) >= 11 is 0. The number of nitrogens with one attached hydrogen (secondary N) is 3. The monoisotopic (exact) mass is 347 g/mol. The highest BCUT2D eigenvalue weighted by atomic mass is 16.6. The van der Waals surface area contributed by atoms with Gasteiger partial charge in [-0.05, 0) is 12.1 Å². The van der Waals surface area contributed by atoms with E-state index in [1.54, 1.807) is 18.2 Å². The number of fused-ring (bicyclic) bond motifs is 1. The largest absolute Gasteiger partial charge is 0.441 e. The Kier molecular flexibility index (Phi) is 5.52. The van der Waals surface area contributed by atoms with Gasteiger partial charge in [0.2, 0.25) is 0 Å². The van der Waals surface area contributed by atoms with E-state index >= 15 is 0 Å². The molecule has 0 aliphatic carbocycles. The average Bonchev–Trinajstić information content (AvgIpc) is 3.18. The standard InChI is InChI=1S/C17H21N3O5/c1-2-8-18-16(21)20-12-9-23-15-13(10-24-14(12)15)25-17(22)19-11-6-4-3-5-7-11/h2-7,12-15H,1,8-10H2,(H,19,22)(H2,18,20,21)/t12-,13+,14+,15+/m0/s1. The van der Waals surface area contributed by atoms with Gasteiger partial charge in [0.25, 0.3) is 0 Å². The Morgan fingerprint density at radius 2 is 1.96 bits per heavy atom. The smallest absolute Gasteiger partial charge is 0.412 e. The van der Waals surface area contributed by atoms with Crippen molar-refractivity contribution in [2.24, 2.45) is 0 Å². The van der Waals surface area contributed by atoms with Gasteiger partial charge in [-0.1, -0.05) is 24.3 Å². The number of hydrogen-bond donors (Lipinski definition) is 3. The molecule has 2 aliphatic rings. The molecule has 0 aromatic heterocycles. The van der Waals surface area contributed by atoms with Crippen LogP contribution in [0.25, 0.3) is 0 Å². The Balaban J connectivity index is 1.49. The van der Waals surface area contributed by atoms with Gasteiger partial charge in [0.05, 0.1) is 19.3 Å². The molecule has 25 heavy (non-hydrogen) atoms. The predicted octanol–water partition coefficient (Wildman–Crippen LogP) is 1.26. The average molecular weight is 347 g/mol. The molecule has 2 aliphatic heterocycles. The second-order valence-electron chi connectivity index (χ2n) is 5.78. The van der Waals surface area contributed by atoms with Gasteiger partial charge in [0, 0.05) is 12.2 Å². The Bertz CT molecular complexity index is 624. The molecule has 3 rings (SSSR count). The molecule has 2 fully saturated rings. The van der Waals surface area contributed by atoms with Crippen molar-refractivity contribution in [3.63, 3.8) is 0 Å². The lowest BCUT2D eigenvalue weighted by molar-refractivity contribution is 0.00872. The molecule has 0 bridgehead atoms. The fourth-order valence-electron chi connectivity index (χ4n) is 2.88. The zero-order valence-corrected chi connectivity index (χ0v) is 13.6. The zero-order chi connectivity index (χ0) is 17.6. The van der Waals surface area contributed by atoms with Crippen LogP contribution in [0.5, 0.6) is 0 Å². The van der Waals surface area contributed by atoms with Crippen molar-refractivity contribution in [1.82, 2.24) is 10.6 Å². The maximum absolute atomic E-state index is 12.0. The van der Waals surface area contributed by atoms with E-state index < -0.39 is 18.3 Å². The summed E-state index contributed by atoms with van der Waals surface area (Å²) in [5, 5.41) is 8.08. The van der Waals surface area contributed by atoms with Crippen LogP contribution in [0.2, 0.25) is 0 Å². The quantitative estimate of drug-likeness (QED) is 0.697. The lowest BCUT2D eigenvalue weighted by Gasteiger charge is -2.18. The highest BCUT2D eigenvalue weighted by Gasteiger charge is 2.50. The Morgan fingerprint density at radius 3 is 2.72 bits per heavy atom. The summed E-state index contributed by atoms with van der Waals surface area (Å²) in [4.78, 5) is 23.7. The Hall–Kier alpha value is -2.58. The number of ether oxygens (including phenoxy) is 3. The SMILES string of the molecule is C=CCNC(=O)N[C@H]1CO[C@H]2[C@@H]1OC[C@H]2OC(=O)Nc1ccccc1. The van der Waals surface area contributed by atoms with Gasteiger partial charge >= 0.3 is 12.1 Å². The van der Waals surface area contributed by atoms with Crippen molar-refractivity contribution in [3.05, 3.63) is 43.0 Å². The summed E-state index contributed by atoms with van der Waals surface area (Å²) in [6, 6.07) is 8.42. The number of amides is 3. The number of carbonyl (C=O) groups excluding carboxylic acids is 2. The van der Waals surface area contributed by atoms with E-state index in [0.29, 0.717) is 18.8 Å². The Morgan fingerprint density at radius 1 is 1.20 bits per heavy atom. The number of rotatable bonds is 5. The van der Waals surface area contributed by atoms with E-state index in [0.717, 1.165) is 0 Å². The summed E-state index contributed by atoms with van der Waals surface area (Å²) in [5.41, 5.74) is 0.647. The third-order valence-electron chi connectivity index (χ3n) is 4.01. The lowest BCUT2D eigenvalue weighted by atomic mass is 10.1. The van der Waals surface area contributed by atoms with Gasteiger partial charge in [0.1, 0.15) is 12.2 Å². The second-order valence-corrected chi connectivity index (χ2v) is 5.78. The molecule has 0 spiro atoms. The van der Waals surface area contributed by atoms with Crippen LogP contribution >= 0.6 is 0 Å². The molecule has 134 valence electrons. The molecule has 4 atom stereocenters. The molecule has 2 heterocycles. The van der Waals surface area contributed by atoms with E-state index in [4.69, 9.17) is 14.2 Å². The van der Waals surface area contributed by atoms with Crippen LogP contribution in [0.1, 0.15) is 0 Å². The van der Waals surface area contributed by atoms with E-state index in [2.05, 4.69) is 22.5 Å². The van der Waals surface area contributed by atoms with Gasteiger partial charge in [-0.25, -0.2) is 9.59 Å². The number of carbonyl (C=O) groups is 2. The third-order valence-corrected chi connectivity index (χ3v) is 4.01. The van der Waals surface area contributed by atoms with Gasteiger partial charge < -0.3 is 24.8 Å². The van der Waals surface area contributed by atoms with Crippen LogP contribution in [0.15, 0.2) is 43.0 Å². The van der Waals surface area contributed by atoms with Crippen molar-refractivity contribution in [2.75, 3.05) is 25.1 Å². The fourth-order valence-corrected chi connectivity index (χ4v) is 2.88. The second kappa shape index (κ2) is 8.00. The number of anilines is 1. The number of benzene rings is 1. The molecular weight excluding hydrogens is 326 g/mol. The maximum Gasteiger partial charge on any atom is 0.412 e. The molecule has 3 N–H and O–H groups in total. The number of para-hydroxylation sites is 1. The van der Waals surface area contributed by atoms with Crippen LogP contribution in [-0.4, -0.2) is 56.2 Å². The maximum atomic E-state index is 12.0. The summed E-state index contributed by atoms with van der Waals surface area (Å²) in [6.07, 6.45) is -0.231. The minimum absolute atomic E-state index is 0.226. The topological polar surface area (TPSA) is 97.9 Å². The fraction of sp³-hybridized carbons (Fsp3) is 0.412. The van der Waals surface area contributed by atoms with Crippen LogP contribution in [0, 0.1) is 0 Å². The minimum atomic E-state index is -0.566. The van der Waals surface area contributed by atoms with Crippen molar-refractivity contribution in [1.29, 1.82) is 0 Å². The molecule has 8 heteroatoms. The summed E-state index contributed by atoms with van der Waals surface area (Å²) < 4.78 is 16.7. The predicted molar refractivity (Wildman–Crippen MR) is 90.3 cm³/mol. The Labute approximate surface area is 145 Å². The van der Waals surface area contributed by atoms with Crippen molar-refractivity contribution in [3.8, 4) is 0 Å². The molecule has 0 saturated carbocycles. The molecular formula is C17H21N3O5. The van der Waals surface area contributed by atoms with Gasteiger partial charge in [-0.3, -0.25) is 5.32 Å². The first-order valence-corrected chi connectivity index (χ1v) is 8.08. The molecule has 8 nitrogen and oxygen atoms in total. The van der Waals surface area contributed by atoms with Gasteiger partial charge in [0.15, 0.2) is 6.10 Å². The molecule has 1 aromatic rings. The van der Waals surface area contributed by atoms with E-state index in [9.17, 15) is 9.59 Å². The van der Waals surface area contributed by atoms with Gasteiger partial charge in [-0.2, -0.15) is 0 Å². The normalized spacial score (nSPS) is 27.2. The first kappa shape index (κ1) is 17.2. The van der Waals surface area contributed by atoms with Crippen molar-refractivity contribution < 1.29 is 23.8 Å². The van der Waals surface area contributed by atoms with E-state index in [-0.39, 0.29) is 24.8 Å². The first-order valence-electron chi connectivity index (χ1n) is 8.08. The van der Waals surface area contributed by atoms with E-state index in [1.807, 2.05) is 18.2 Å². The summed E-state index contributed by atoms with van der Waals surface area (Å²) in [6.45, 7) is 4.44. The van der Waals surface area contributed by atoms with Crippen molar-refractivity contribution in [2.45, 2.75) is 24.4 Å². The molecule has 1 aromatic carbocycles. The van der Waals surface area contributed by atoms with Crippen LogP contribution in [0.4, 0.5) is 15.3 Å². The zero-order valence-electron chi connectivity index (χ0n) is 13.6. The third kappa shape index (κ3) is 4.28. The highest BCUT2D eigenvalue weighted by Crippen LogP contribution is 2.29. The molecule has 0 unspecified atom stereocenters. The number of hydrogen-bond acceptors (Lipinski definition) is 5. The lowest BCUT2D eigenvalue weighted by Crippen LogP contribution is -2.48. The van der Waals surface area contributed by atoms with Gasteiger partial charge in [-0.15, -0.1) is 6.58 Å². The van der Waals surface area contributed by atoms with Crippen LogP contribution in [0.3, 0.4) is 0 Å². The molecule has 3 amide bonds. The summed E-state index contributed by atoms with van der Waals surface area (Å²) in [5.74, 6) is 0. The van der Waals surface area contributed by atoms with Crippen LogP contribution < -0.4 is 16.0 Å². The number of urea groups is 1. The molecule has 2 saturated heterocycles. The summed E-state index contributed by atoms with van der Waals surface area (Å²) in [7, 11) is 0. The van der Waals surface area contributed by atoms with Crippen molar-refractivity contribution >= 4 is 17.8 Å². The highest BCUT2D eigenvalue weighted by molar-refractivity contribution is 5.84. The first-order chi connectivity index (χ1) is 12.2. The van der Waals surface area contributed by atoms with E-state index in [1.165, 1.54) is 0 Å².